The molecule has 3 rings (SSSR count). The van der Waals surface area contributed by atoms with Crippen LogP contribution in [0.25, 0.3) is 0 Å². The van der Waals surface area contributed by atoms with Gasteiger partial charge in [-0.2, -0.15) is 0 Å². The Morgan fingerprint density at radius 1 is 1.11 bits per heavy atom. The SMILES string of the molecule is Cn1ccnc1Sc1ccccc1NS(=O)(=O)c1ccc(OC(F)(F)F)cc1. The Morgan fingerprint density at radius 3 is 2.39 bits per heavy atom. The molecule has 2 aromatic carbocycles. The highest BCUT2D eigenvalue weighted by Gasteiger charge is 2.31. The van der Waals surface area contributed by atoms with Crippen LogP contribution in [-0.4, -0.2) is 24.3 Å². The number of ether oxygens (including phenoxy) is 1. The quantitative estimate of drug-likeness (QED) is 0.634. The highest BCUT2D eigenvalue weighted by atomic mass is 32.2. The zero-order valence-electron chi connectivity index (χ0n) is 14.3. The minimum Gasteiger partial charge on any atom is -0.406 e. The first kappa shape index (κ1) is 20.1. The summed E-state index contributed by atoms with van der Waals surface area (Å²) in [6.45, 7) is 0. The molecule has 0 saturated carbocycles. The predicted octanol–water partition coefficient (Wildman–Crippen LogP) is 4.27. The second-order valence-corrected chi connectivity index (χ2v) is 8.24. The number of alkyl halides is 3. The predicted molar refractivity (Wildman–Crippen MR) is 97.7 cm³/mol. The van der Waals surface area contributed by atoms with Gasteiger partial charge < -0.3 is 9.30 Å². The number of nitrogens with one attached hydrogen (secondary N) is 1. The molecule has 0 aliphatic carbocycles. The van der Waals surface area contributed by atoms with Crippen molar-refractivity contribution in [3.8, 4) is 5.75 Å². The molecule has 3 aromatic rings. The van der Waals surface area contributed by atoms with Gasteiger partial charge in [-0.05, 0) is 48.2 Å². The molecule has 0 saturated heterocycles. The normalized spacial score (nSPS) is 12.0. The van der Waals surface area contributed by atoms with Gasteiger partial charge in [0.1, 0.15) is 5.75 Å². The van der Waals surface area contributed by atoms with E-state index in [1.54, 1.807) is 41.2 Å². The molecular weight excluding hydrogens is 415 g/mol. The van der Waals surface area contributed by atoms with Gasteiger partial charge in [0.05, 0.1) is 10.6 Å². The highest BCUT2D eigenvalue weighted by Crippen LogP contribution is 2.33. The molecular formula is C17H14F3N3O3S2. The Kier molecular flexibility index (Phi) is 5.57. The topological polar surface area (TPSA) is 73.2 Å². The third-order valence-corrected chi connectivity index (χ3v) is 6.01. The summed E-state index contributed by atoms with van der Waals surface area (Å²) < 4.78 is 69.9. The second-order valence-electron chi connectivity index (χ2n) is 5.54. The van der Waals surface area contributed by atoms with Gasteiger partial charge in [-0.25, -0.2) is 13.4 Å². The lowest BCUT2D eigenvalue weighted by Gasteiger charge is -2.13. The molecule has 0 atom stereocenters. The number of anilines is 1. The van der Waals surface area contributed by atoms with E-state index in [-0.39, 0.29) is 4.90 Å². The molecule has 6 nitrogen and oxygen atoms in total. The van der Waals surface area contributed by atoms with E-state index in [1.807, 2.05) is 7.05 Å². The number of halogens is 3. The monoisotopic (exact) mass is 429 g/mol. The van der Waals surface area contributed by atoms with Gasteiger partial charge in [-0.15, -0.1) is 13.2 Å². The number of imidazole rings is 1. The number of benzene rings is 2. The lowest BCUT2D eigenvalue weighted by molar-refractivity contribution is -0.274. The molecule has 0 amide bonds. The van der Waals surface area contributed by atoms with Crippen LogP contribution in [-0.2, 0) is 17.1 Å². The summed E-state index contributed by atoms with van der Waals surface area (Å²) in [4.78, 5) is 4.62. The van der Waals surface area contributed by atoms with Gasteiger partial charge in [0.25, 0.3) is 10.0 Å². The van der Waals surface area contributed by atoms with E-state index in [4.69, 9.17) is 0 Å². The Morgan fingerprint density at radius 2 is 1.79 bits per heavy atom. The number of hydrogen-bond acceptors (Lipinski definition) is 5. The van der Waals surface area contributed by atoms with Gasteiger partial charge in [0.2, 0.25) is 0 Å². The largest absolute Gasteiger partial charge is 0.573 e. The molecule has 0 fully saturated rings. The van der Waals surface area contributed by atoms with E-state index in [2.05, 4.69) is 14.4 Å². The summed E-state index contributed by atoms with van der Waals surface area (Å²) in [5, 5.41) is 0.667. The first-order valence-corrected chi connectivity index (χ1v) is 10.1. The smallest absolute Gasteiger partial charge is 0.406 e. The maximum atomic E-state index is 12.6. The van der Waals surface area contributed by atoms with Crippen LogP contribution >= 0.6 is 11.8 Å². The zero-order valence-corrected chi connectivity index (χ0v) is 16.0. The van der Waals surface area contributed by atoms with Gasteiger partial charge in [-0.1, -0.05) is 12.1 Å². The fourth-order valence-corrected chi connectivity index (χ4v) is 4.25. The molecule has 0 aliphatic heterocycles. The first-order valence-electron chi connectivity index (χ1n) is 7.77. The van der Waals surface area contributed by atoms with Crippen molar-refractivity contribution < 1.29 is 26.3 Å². The molecule has 1 N–H and O–H groups in total. The van der Waals surface area contributed by atoms with Gasteiger partial charge >= 0.3 is 6.36 Å². The van der Waals surface area contributed by atoms with E-state index in [1.165, 1.54) is 11.8 Å². The lowest BCUT2D eigenvalue weighted by Crippen LogP contribution is -2.17. The van der Waals surface area contributed by atoms with Gasteiger partial charge in [0.15, 0.2) is 5.16 Å². The second kappa shape index (κ2) is 7.76. The number of nitrogens with zero attached hydrogens (tertiary/aromatic N) is 2. The maximum absolute atomic E-state index is 12.6. The molecule has 0 bridgehead atoms. The van der Waals surface area contributed by atoms with Crippen molar-refractivity contribution in [2.24, 2.45) is 7.05 Å². The summed E-state index contributed by atoms with van der Waals surface area (Å²) in [5.74, 6) is -0.503. The molecule has 1 heterocycles. The molecule has 11 heteroatoms. The van der Waals surface area contributed by atoms with E-state index < -0.39 is 22.1 Å². The fourth-order valence-electron chi connectivity index (χ4n) is 2.21. The van der Waals surface area contributed by atoms with Crippen molar-refractivity contribution in [2.75, 3.05) is 4.72 Å². The summed E-state index contributed by atoms with van der Waals surface area (Å²) in [7, 11) is -2.20. The van der Waals surface area contributed by atoms with Crippen molar-refractivity contribution >= 4 is 27.5 Å². The third kappa shape index (κ3) is 4.98. The summed E-state index contributed by atoms with van der Waals surface area (Å²) >= 11 is 1.27. The Hall–Kier alpha value is -2.66. The highest BCUT2D eigenvalue weighted by molar-refractivity contribution is 7.99. The standard InChI is InChI=1S/C17H14F3N3O3S2/c1-23-11-10-21-16(23)27-15-5-3-2-4-14(15)22-28(24,25)13-8-6-12(7-9-13)26-17(18,19)20/h2-11,22H,1H3. The molecule has 0 aliphatic rings. The third-order valence-electron chi connectivity index (χ3n) is 3.48. The molecule has 148 valence electrons. The number of sulfonamides is 1. The number of aryl methyl sites for hydroxylation is 1. The molecule has 0 spiro atoms. The Bertz CT molecular complexity index is 1060. The van der Waals surface area contributed by atoms with Crippen LogP contribution < -0.4 is 9.46 Å². The minimum atomic E-state index is -4.85. The number of hydrogen-bond donors (Lipinski definition) is 1. The Balaban J connectivity index is 1.82. The lowest BCUT2D eigenvalue weighted by atomic mass is 10.3. The minimum absolute atomic E-state index is 0.196. The number of aromatic nitrogens is 2. The number of rotatable bonds is 6. The maximum Gasteiger partial charge on any atom is 0.573 e. The average Bonchev–Trinajstić information content (AvgIpc) is 3.00. The Labute approximate surface area is 163 Å². The molecule has 0 unspecified atom stereocenters. The van der Waals surface area contributed by atoms with Gasteiger partial charge in [0, 0.05) is 24.3 Å². The van der Waals surface area contributed by atoms with Crippen LogP contribution in [0.15, 0.2) is 75.9 Å². The fraction of sp³-hybridized carbons (Fsp3) is 0.118. The zero-order chi connectivity index (χ0) is 20.4. The van der Waals surface area contributed by atoms with Crippen LogP contribution in [0.2, 0.25) is 0 Å². The van der Waals surface area contributed by atoms with Crippen LogP contribution in [0.3, 0.4) is 0 Å². The van der Waals surface area contributed by atoms with Crippen molar-refractivity contribution in [1.82, 2.24) is 9.55 Å². The van der Waals surface area contributed by atoms with Crippen LogP contribution in [0.1, 0.15) is 0 Å². The van der Waals surface area contributed by atoms with Crippen molar-refractivity contribution in [1.29, 1.82) is 0 Å². The van der Waals surface area contributed by atoms with Crippen LogP contribution in [0.4, 0.5) is 18.9 Å². The molecule has 1 aromatic heterocycles. The first-order chi connectivity index (χ1) is 13.1. The van der Waals surface area contributed by atoms with E-state index in [0.717, 1.165) is 24.3 Å². The van der Waals surface area contributed by atoms with Crippen LogP contribution in [0.5, 0.6) is 5.75 Å². The van der Waals surface area contributed by atoms with Crippen molar-refractivity contribution in [2.45, 2.75) is 21.3 Å². The average molecular weight is 429 g/mol. The summed E-state index contributed by atoms with van der Waals surface area (Å²) in [6, 6.07) is 10.7. The summed E-state index contributed by atoms with van der Waals surface area (Å²) in [5.41, 5.74) is 0.325. The van der Waals surface area contributed by atoms with Crippen molar-refractivity contribution in [3.63, 3.8) is 0 Å². The van der Waals surface area contributed by atoms with E-state index >= 15 is 0 Å². The molecule has 28 heavy (non-hydrogen) atoms. The van der Waals surface area contributed by atoms with Crippen molar-refractivity contribution in [3.05, 3.63) is 60.9 Å². The molecule has 0 radical (unpaired) electrons. The van der Waals surface area contributed by atoms with E-state index in [9.17, 15) is 21.6 Å². The summed E-state index contributed by atoms with van der Waals surface area (Å²) in [6.07, 6.45) is -1.46. The number of para-hydroxylation sites is 1. The van der Waals surface area contributed by atoms with E-state index in [0.29, 0.717) is 15.7 Å². The van der Waals surface area contributed by atoms with Crippen LogP contribution in [0, 0.1) is 0 Å². The van der Waals surface area contributed by atoms with Gasteiger partial charge in [-0.3, -0.25) is 4.72 Å².